The van der Waals surface area contributed by atoms with E-state index in [2.05, 4.69) is 20.2 Å². The van der Waals surface area contributed by atoms with Gasteiger partial charge in [0.2, 0.25) is 0 Å². The Morgan fingerprint density at radius 2 is 1.20 bits per heavy atom. The lowest BCUT2D eigenvalue weighted by molar-refractivity contribution is 0.106. The summed E-state index contributed by atoms with van der Waals surface area (Å²) in [4.78, 5) is 29.7. The minimum absolute atomic E-state index is 0.0702. The maximum absolute atomic E-state index is 11.0. The van der Waals surface area contributed by atoms with E-state index in [0.717, 1.165) is 0 Å². The fraction of sp³-hybridized carbons (Fsp3) is 0. The molecule has 6 nitrogen and oxygen atoms in total. The summed E-state index contributed by atoms with van der Waals surface area (Å²) in [7, 11) is 0. The van der Waals surface area contributed by atoms with Crippen LogP contribution in [0.1, 0.15) is 21.0 Å². The summed E-state index contributed by atoms with van der Waals surface area (Å²) in [5.41, 5.74) is 0.140. The van der Waals surface area contributed by atoms with Gasteiger partial charge in [-0.05, 0) is 47.5 Å². The van der Waals surface area contributed by atoms with E-state index in [1.165, 1.54) is 12.1 Å². The molecule has 0 atom stereocenters. The Morgan fingerprint density at radius 3 is 1.55 bits per heavy atom. The Kier molecular flexibility index (Phi) is 4.49. The van der Waals surface area contributed by atoms with Crippen LogP contribution in [0.5, 0.6) is 0 Å². The monoisotopic (exact) mass is 308 g/mol. The van der Waals surface area contributed by atoms with Crippen molar-refractivity contribution in [1.29, 1.82) is 0 Å². The SMILES string of the molecule is O=C(Cl)c1cccc(/N=N/c2cccc(C(=O)Cl)n2)n1. The van der Waals surface area contributed by atoms with Crippen molar-refractivity contribution < 1.29 is 9.59 Å². The molecule has 100 valence electrons. The van der Waals surface area contributed by atoms with Gasteiger partial charge in [-0.2, -0.15) is 0 Å². The summed E-state index contributed by atoms with van der Waals surface area (Å²) in [6, 6.07) is 9.15. The molecule has 0 unspecified atom stereocenters. The molecule has 0 aliphatic carbocycles. The van der Waals surface area contributed by atoms with Gasteiger partial charge < -0.3 is 0 Å². The van der Waals surface area contributed by atoms with Crippen molar-refractivity contribution in [2.45, 2.75) is 0 Å². The van der Waals surface area contributed by atoms with E-state index < -0.39 is 10.5 Å². The van der Waals surface area contributed by atoms with E-state index in [4.69, 9.17) is 23.2 Å². The lowest BCUT2D eigenvalue weighted by atomic mass is 10.3. The fourth-order valence-corrected chi connectivity index (χ4v) is 1.49. The second kappa shape index (κ2) is 6.31. The number of pyridine rings is 2. The summed E-state index contributed by atoms with van der Waals surface area (Å²) in [5.74, 6) is 0.391. The van der Waals surface area contributed by atoms with Crippen LogP contribution in [0.4, 0.5) is 11.6 Å². The van der Waals surface area contributed by atoms with Gasteiger partial charge in [0.15, 0.2) is 11.6 Å². The number of hydrogen-bond donors (Lipinski definition) is 0. The van der Waals surface area contributed by atoms with Gasteiger partial charge in [-0.15, -0.1) is 10.2 Å². The molecule has 8 heteroatoms. The molecule has 2 rings (SSSR count). The fourth-order valence-electron chi connectivity index (χ4n) is 1.28. The molecule has 2 aromatic rings. The molecule has 0 radical (unpaired) electrons. The molecule has 0 saturated heterocycles. The van der Waals surface area contributed by atoms with Gasteiger partial charge in [0.1, 0.15) is 11.4 Å². The predicted molar refractivity (Wildman–Crippen MR) is 73.0 cm³/mol. The number of halogens is 2. The van der Waals surface area contributed by atoms with Gasteiger partial charge >= 0.3 is 0 Å². The number of carbonyl (C=O) groups excluding carboxylic acids is 2. The number of nitrogens with zero attached hydrogens (tertiary/aromatic N) is 4. The highest BCUT2D eigenvalue weighted by atomic mass is 35.5. The van der Waals surface area contributed by atoms with Crippen molar-refractivity contribution in [3.05, 3.63) is 47.8 Å². The minimum atomic E-state index is -0.685. The Hall–Kier alpha value is -2.18. The highest BCUT2D eigenvalue weighted by Crippen LogP contribution is 2.16. The Labute approximate surface area is 123 Å². The van der Waals surface area contributed by atoms with Gasteiger partial charge in [0.25, 0.3) is 10.5 Å². The van der Waals surface area contributed by atoms with Gasteiger partial charge in [0.05, 0.1) is 0 Å². The smallest absolute Gasteiger partial charge is 0.270 e. The minimum Gasteiger partial charge on any atom is -0.274 e. The average molecular weight is 309 g/mol. The van der Waals surface area contributed by atoms with Gasteiger partial charge in [-0.1, -0.05) is 12.1 Å². The normalized spacial score (nSPS) is 10.7. The van der Waals surface area contributed by atoms with Gasteiger partial charge in [-0.3, -0.25) is 9.59 Å². The Bertz CT molecular complexity index is 644. The number of hydrogen-bond acceptors (Lipinski definition) is 6. The first kappa shape index (κ1) is 14.2. The topological polar surface area (TPSA) is 84.6 Å². The summed E-state index contributed by atoms with van der Waals surface area (Å²) in [6.45, 7) is 0. The molecule has 0 bridgehead atoms. The van der Waals surface area contributed by atoms with Crippen LogP contribution < -0.4 is 0 Å². The first-order valence-corrected chi connectivity index (χ1v) is 6.07. The van der Waals surface area contributed by atoms with E-state index in [1.807, 2.05) is 0 Å². The van der Waals surface area contributed by atoms with E-state index in [0.29, 0.717) is 0 Å². The third kappa shape index (κ3) is 3.66. The number of aromatic nitrogens is 2. The summed E-state index contributed by atoms with van der Waals surface area (Å²) >= 11 is 10.6. The summed E-state index contributed by atoms with van der Waals surface area (Å²) in [5, 5.41) is 6.24. The third-order valence-corrected chi connectivity index (χ3v) is 2.51. The van der Waals surface area contributed by atoms with Crippen LogP contribution in [0, 0.1) is 0 Å². The van der Waals surface area contributed by atoms with E-state index in [9.17, 15) is 9.59 Å². The number of azo groups is 1. The van der Waals surface area contributed by atoms with Crippen LogP contribution in [0.2, 0.25) is 0 Å². The van der Waals surface area contributed by atoms with Crippen molar-refractivity contribution in [3.63, 3.8) is 0 Å². The van der Waals surface area contributed by atoms with Crippen molar-refractivity contribution >= 4 is 45.3 Å². The maximum atomic E-state index is 11.0. The number of carbonyl (C=O) groups is 2. The molecule has 0 N–H and O–H groups in total. The van der Waals surface area contributed by atoms with Crippen LogP contribution in [0.3, 0.4) is 0 Å². The molecule has 0 fully saturated rings. The molecule has 0 amide bonds. The first-order chi connectivity index (χ1) is 9.56. The van der Waals surface area contributed by atoms with Crippen LogP contribution in [0.15, 0.2) is 46.6 Å². The van der Waals surface area contributed by atoms with Crippen LogP contribution >= 0.6 is 23.2 Å². The second-order valence-corrected chi connectivity index (χ2v) is 4.20. The molecule has 2 aromatic heterocycles. The third-order valence-electron chi connectivity index (χ3n) is 2.13. The standard InChI is InChI=1S/C12H6Cl2N4O2/c13-11(19)7-3-1-5-9(15-7)17-18-10-6-2-4-8(16-10)12(14)20/h1-6H/b18-17+. The van der Waals surface area contributed by atoms with Gasteiger partial charge in [-0.25, -0.2) is 9.97 Å². The molecular weight excluding hydrogens is 303 g/mol. The second-order valence-electron chi connectivity index (χ2n) is 3.51. The van der Waals surface area contributed by atoms with E-state index in [1.54, 1.807) is 24.3 Å². The van der Waals surface area contributed by atoms with E-state index >= 15 is 0 Å². The van der Waals surface area contributed by atoms with Gasteiger partial charge in [0, 0.05) is 0 Å². The lowest BCUT2D eigenvalue weighted by Gasteiger charge is -1.96. The zero-order valence-corrected chi connectivity index (χ0v) is 11.3. The largest absolute Gasteiger partial charge is 0.274 e. The zero-order valence-electron chi connectivity index (χ0n) is 9.83. The zero-order chi connectivity index (χ0) is 14.5. The van der Waals surface area contributed by atoms with Crippen LogP contribution in [-0.2, 0) is 0 Å². The molecule has 0 aromatic carbocycles. The lowest BCUT2D eigenvalue weighted by Crippen LogP contribution is -1.92. The molecule has 0 saturated carbocycles. The van der Waals surface area contributed by atoms with Crippen molar-refractivity contribution in [1.82, 2.24) is 9.97 Å². The predicted octanol–water partition coefficient (Wildman–Crippen LogP) is 3.65. The molecule has 0 aliphatic heterocycles. The highest BCUT2D eigenvalue weighted by molar-refractivity contribution is 6.67. The highest BCUT2D eigenvalue weighted by Gasteiger charge is 2.05. The van der Waals surface area contributed by atoms with Crippen LogP contribution in [0.25, 0.3) is 0 Å². The average Bonchev–Trinajstić information content (AvgIpc) is 2.45. The van der Waals surface area contributed by atoms with Crippen molar-refractivity contribution in [2.24, 2.45) is 10.2 Å². The molecule has 20 heavy (non-hydrogen) atoms. The maximum Gasteiger partial charge on any atom is 0.270 e. The first-order valence-electron chi connectivity index (χ1n) is 5.32. The molecule has 2 heterocycles. The Morgan fingerprint density at radius 1 is 0.800 bits per heavy atom. The molecule has 0 spiro atoms. The quantitative estimate of drug-likeness (QED) is 0.637. The molecular formula is C12H6Cl2N4O2. The Balaban J connectivity index is 2.25. The summed E-state index contributed by atoms with van der Waals surface area (Å²) < 4.78 is 0. The summed E-state index contributed by atoms with van der Waals surface area (Å²) in [6.07, 6.45) is 0. The van der Waals surface area contributed by atoms with Crippen molar-refractivity contribution in [2.75, 3.05) is 0 Å². The van der Waals surface area contributed by atoms with Crippen molar-refractivity contribution in [3.8, 4) is 0 Å². The number of rotatable bonds is 4. The van der Waals surface area contributed by atoms with E-state index in [-0.39, 0.29) is 23.0 Å². The van der Waals surface area contributed by atoms with Crippen LogP contribution in [-0.4, -0.2) is 20.5 Å². The molecule has 0 aliphatic rings.